The molecule has 0 saturated heterocycles. The van der Waals surface area contributed by atoms with E-state index in [9.17, 15) is 0 Å². The van der Waals surface area contributed by atoms with Crippen LogP contribution in [0.1, 0.15) is 13.8 Å². The van der Waals surface area contributed by atoms with E-state index in [4.69, 9.17) is 5.11 Å². The van der Waals surface area contributed by atoms with Crippen molar-refractivity contribution in [2.45, 2.75) is 13.8 Å². The third kappa shape index (κ3) is 6.25. The van der Waals surface area contributed by atoms with Gasteiger partial charge >= 0.3 is 0 Å². The Balaban J connectivity index is 0. The SMILES string of the molecule is CC.Oc1[c-]cccc1.[Y]. The van der Waals surface area contributed by atoms with Gasteiger partial charge in [-0.3, -0.25) is 0 Å². The number of benzene rings is 1. The molecule has 0 spiro atoms. The molecule has 0 saturated carbocycles. The number of phenolic OH excluding ortho intramolecular Hbond substituents is 1. The molecule has 1 nitrogen and oxygen atoms in total. The van der Waals surface area contributed by atoms with Crippen molar-refractivity contribution in [1.82, 2.24) is 0 Å². The van der Waals surface area contributed by atoms with Crippen LogP contribution in [0.5, 0.6) is 5.75 Å². The first-order valence-electron chi connectivity index (χ1n) is 3.05. The van der Waals surface area contributed by atoms with Gasteiger partial charge in [-0.15, -0.1) is 12.1 Å². The van der Waals surface area contributed by atoms with Crippen LogP contribution >= 0.6 is 0 Å². The molecule has 0 heterocycles. The van der Waals surface area contributed by atoms with Crippen LogP contribution in [0.3, 0.4) is 0 Å². The molecule has 0 aliphatic carbocycles. The number of rotatable bonds is 0. The first kappa shape index (κ1) is 12.8. The molecule has 1 radical (unpaired) electrons. The quantitative estimate of drug-likeness (QED) is 0.653. The molecule has 1 rings (SSSR count). The van der Waals surface area contributed by atoms with E-state index < -0.39 is 0 Å². The second-order valence-electron chi connectivity index (χ2n) is 1.25. The van der Waals surface area contributed by atoms with Gasteiger partial charge in [-0.1, -0.05) is 13.8 Å². The minimum Gasteiger partial charge on any atom is -0.534 e. The summed E-state index contributed by atoms with van der Waals surface area (Å²) in [5, 5.41) is 8.58. The molecule has 0 fully saturated rings. The number of phenols is 1. The largest absolute Gasteiger partial charge is 0.534 e. The maximum atomic E-state index is 8.58. The molecule has 53 valence electrons. The van der Waals surface area contributed by atoms with E-state index in [-0.39, 0.29) is 38.5 Å². The van der Waals surface area contributed by atoms with Crippen molar-refractivity contribution in [1.29, 1.82) is 0 Å². The number of hydrogen-bond donors (Lipinski definition) is 1. The molecule has 2 heteroatoms. The molecular weight excluding hydrogens is 201 g/mol. The molecule has 0 aliphatic heterocycles. The monoisotopic (exact) mass is 212 g/mol. The molecule has 0 bridgehead atoms. The van der Waals surface area contributed by atoms with Crippen LogP contribution in [0, 0.1) is 6.07 Å². The van der Waals surface area contributed by atoms with E-state index >= 15 is 0 Å². The summed E-state index contributed by atoms with van der Waals surface area (Å²) in [6, 6.07) is 9.39. The summed E-state index contributed by atoms with van der Waals surface area (Å²) >= 11 is 0. The Labute approximate surface area is 87.3 Å². The van der Waals surface area contributed by atoms with E-state index in [2.05, 4.69) is 6.07 Å². The fourth-order valence-electron chi connectivity index (χ4n) is 0.384. The van der Waals surface area contributed by atoms with Crippen molar-refractivity contribution in [3.63, 3.8) is 0 Å². The normalized spacial score (nSPS) is 6.60. The van der Waals surface area contributed by atoms with Crippen LogP contribution in [0.25, 0.3) is 0 Å². The van der Waals surface area contributed by atoms with Crippen LogP contribution in [0.2, 0.25) is 0 Å². The van der Waals surface area contributed by atoms with Gasteiger partial charge in [0.25, 0.3) is 0 Å². The third-order valence-corrected chi connectivity index (χ3v) is 0.693. The predicted octanol–water partition coefficient (Wildman–Crippen LogP) is 2.22. The molecule has 1 aromatic rings. The zero-order chi connectivity index (χ0) is 7.11. The zero-order valence-corrected chi connectivity index (χ0v) is 9.17. The van der Waals surface area contributed by atoms with Crippen LogP contribution < -0.4 is 0 Å². The second kappa shape index (κ2) is 9.12. The van der Waals surface area contributed by atoms with Gasteiger partial charge < -0.3 is 5.11 Å². The molecule has 10 heavy (non-hydrogen) atoms. The smallest absolute Gasteiger partial charge is 0.00397 e. The van der Waals surface area contributed by atoms with Crippen LogP contribution in [0.4, 0.5) is 0 Å². The minimum absolute atomic E-state index is 0. The van der Waals surface area contributed by atoms with Crippen LogP contribution in [0.15, 0.2) is 24.3 Å². The Kier molecular flexibility index (Phi) is 11.7. The fraction of sp³-hybridized carbons (Fsp3) is 0.250. The van der Waals surface area contributed by atoms with Crippen LogP contribution in [-0.4, -0.2) is 5.11 Å². The average Bonchev–Trinajstić information content (AvgIpc) is 1.94. The first-order chi connectivity index (χ1) is 4.39. The molecule has 0 atom stereocenters. The summed E-state index contributed by atoms with van der Waals surface area (Å²) in [5.41, 5.74) is 0. The summed E-state index contributed by atoms with van der Waals surface area (Å²) in [7, 11) is 0. The Morgan fingerprint density at radius 2 is 1.90 bits per heavy atom. The summed E-state index contributed by atoms with van der Waals surface area (Å²) in [6.45, 7) is 4.00. The first-order valence-corrected chi connectivity index (χ1v) is 3.05. The second-order valence-corrected chi connectivity index (χ2v) is 1.25. The minimum atomic E-state index is 0. The van der Waals surface area contributed by atoms with Gasteiger partial charge in [0.15, 0.2) is 0 Å². The van der Waals surface area contributed by atoms with Gasteiger partial charge in [-0.05, 0) is 0 Å². The Hall–Kier alpha value is 0.124. The molecule has 0 unspecified atom stereocenters. The van der Waals surface area contributed by atoms with Crippen molar-refractivity contribution < 1.29 is 37.8 Å². The van der Waals surface area contributed by atoms with Gasteiger partial charge in [-0.25, -0.2) is 0 Å². The van der Waals surface area contributed by atoms with Crippen molar-refractivity contribution in [3.05, 3.63) is 30.3 Å². The van der Waals surface area contributed by atoms with E-state index in [1.54, 1.807) is 24.3 Å². The maximum absolute atomic E-state index is 8.58. The van der Waals surface area contributed by atoms with Gasteiger partial charge in [-0.2, -0.15) is 18.2 Å². The Morgan fingerprint density at radius 3 is 2.10 bits per heavy atom. The van der Waals surface area contributed by atoms with Crippen molar-refractivity contribution in [2.75, 3.05) is 0 Å². The number of hydrogen-bond acceptors (Lipinski definition) is 1. The third-order valence-electron chi connectivity index (χ3n) is 0.693. The van der Waals surface area contributed by atoms with Crippen molar-refractivity contribution >= 4 is 0 Å². The van der Waals surface area contributed by atoms with Crippen molar-refractivity contribution in [2.24, 2.45) is 0 Å². The number of para-hydroxylation sites is 1. The van der Waals surface area contributed by atoms with E-state index in [1.807, 2.05) is 13.8 Å². The molecular formula is C8H11OY-. The van der Waals surface area contributed by atoms with E-state index in [1.165, 1.54) is 0 Å². The average molecular weight is 212 g/mol. The summed E-state index contributed by atoms with van der Waals surface area (Å²) < 4.78 is 0. The summed E-state index contributed by atoms with van der Waals surface area (Å²) in [4.78, 5) is 0. The Morgan fingerprint density at radius 1 is 1.30 bits per heavy atom. The van der Waals surface area contributed by atoms with Gasteiger partial charge in [0, 0.05) is 38.5 Å². The maximum Gasteiger partial charge on any atom is 0.00397 e. The zero-order valence-electron chi connectivity index (χ0n) is 6.33. The fourth-order valence-corrected chi connectivity index (χ4v) is 0.384. The predicted molar refractivity (Wildman–Crippen MR) is 38.3 cm³/mol. The van der Waals surface area contributed by atoms with E-state index in [0.29, 0.717) is 0 Å². The number of aromatic hydroxyl groups is 1. The van der Waals surface area contributed by atoms with E-state index in [0.717, 1.165) is 0 Å². The molecule has 1 aromatic carbocycles. The molecule has 1 N–H and O–H groups in total. The van der Waals surface area contributed by atoms with Crippen molar-refractivity contribution in [3.8, 4) is 5.75 Å². The summed E-state index contributed by atoms with van der Waals surface area (Å²) in [6.07, 6.45) is 0. The van der Waals surface area contributed by atoms with Gasteiger partial charge in [0.05, 0.1) is 0 Å². The van der Waals surface area contributed by atoms with Gasteiger partial charge in [0.1, 0.15) is 0 Å². The van der Waals surface area contributed by atoms with Crippen LogP contribution in [-0.2, 0) is 32.7 Å². The Bertz CT molecular complexity index is 139. The topological polar surface area (TPSA) is 20.2 Å². The summed E-state index contributed by atoms with van der Waals surface area (Å²) in [5.74, 6) is 0.197. The molecule has 0 aromatic heterocycles. The standard InChI is InChI=1S/C6H5O.C2H6.Y/c7-6-4-2-1-3-5-6;1-2;/h1-4,7H;1-2H3;/q-1;;. The molecule has 0 amide bonds. The molecule has 0 aliphatic rings. The van der Waals surface area contributed by atoms with Gasteiger partial charge in [0.2, 0.25) is 0 Å².